The van der Waals surface area contributed by atoms with Crippen LogP contribution in [0, 0.1) is 0 Å². The van der Waals surface area contributed by atoms with Crippen LogP contribution in [0.2, 0.25) is 0 Å². The smallest absolute Gasteiger partial charge is 0.197 e. The van der Waals surface area contributed by atoms with Crippen LogP contribution in [0.25, 0.3) is 0 Å². The van der Waals surface area contributed by atoms with Crippen molar-refractivity contribution in [3.05, 3.63) is 0 Å². The van der Waals surface area contributed by atoms with Crippen LogP contribution in [0.4, 0.5) is 17.7 Å². The molecule has 0 heterocycles. The van der Waals surface area contributed by atoms with E-state index in [1.807, 2.05) is 0 Å². The summed E-state index contributed by atoms with van der Waals surface area (Å²) >= 11 is 0. The van der Waals surface area contributed by atoms with Gasteiger partial charge in [0.2, 0.25) is 0 Å². The van der Waals surface area contributed by atoms with E-state index in [0.717, 1.165) is 0 Å². The van der Waals surface area contributed by atoms with Crippen LogP contribution in [0.15, 0.2) is 0 Å². The van der Waals surface area contributed by atoms with Crippen LogP contribution in [0.1, 0.15) is 12.8 Å². The molecule has 0 amide bonds. The van der Waals surface area contributed by atoms with Crippen molar-refractivity contribution >= 4 is 10.1 Å². The Kier molecular flexibility index (Phi) is 3.91. The van der Waals surface area contributed by atoms with Crippen LogP contribution < -0.4 is 0 Å². The first-order valence-electron chi connectivity index (χ1n) is 2.86. The second-order valence-electron chi connectivity index (χ2n) is 2.04. The molecule has 0 aromatic heterocycles. The van der Waals surface area contributed by atoms with E-state index in [0.29, 0.717) is 0 Å². The van der Waals surface area contributed by atoms with Crippen molar-refractivity contribution in [2.75, 3.05) is 5.75 Å². The lowest BCUT2D eigenvalue weighted by Crippen LogP contribution is -2.12. The highest BCUT2D eigenvalue weighted by Crippen LogP contribution is 2.21. The highest BCUT2D eigenvalue weighted by molar-refractivity contribution is 7.86. The Hall–Kier alpha value is -0.370. The van der Waals surface area contributed by atoms with E-state index in [2.05, 4.69) is 4.39 Å². The van der Waals surface area contributed by atoms with Gasteiger partial charge in [-0.2, -0.15) is 21.6 Å². The fraction of sp³-hybridized carbons (Fsp3) is 1.00. The van der Waals surface area contributed by atoms with E-state index in [1.54, 1.807) is 0 Å². The van der Waals surface area contributed by atoms with Crippen molar-refractivity contribution < 1.29 is 30.5 Å². The number of hydrogen-bond donors (Lipinski definition) is 0. The quantitative estimate of drug-likeness (QED) is 0.661. The van der Waals surface area contributed by atoms with Crippen LogP contribution in [-0.4, -0.2) is 20.3 Å². The summed E-state index contributed by atoms with van der Waals surface area (Å²) in [5.74, 6) is -0.969. The Labute approximate surface area is 66.3 Å². The van der Waals surface area contributed by atoms with Gasteiger partial charge < -0.3 is 0 Å². The van der Waals surface area contributed by atoms with Crippen LogP contribution in [0.3, 0.4) is 0 Å². The largest absolute Gasteiger partial charge is 0.389 e. The zero-order valence-electron chi connectivity index (χ0n) is 5.77. The van der Waals surface area contributed by atoms with Crippen molar-refractivity contribution in [2.24, 2.45) is 0 Å². The normalized spacial score (nSPS) is 13.3. The molecule has 12 heavy (non-hydrogen) atoms. The summed E-state index contributed by atoms with van der Waals surface area (Å²) in [6.07, 6.45) is -6.39. The number of alkyl halides is 3. The van der Waals surface area contributed by atoms with Gasteiger partial charge in [0.25, 0.3) is 10.1 Å². The van der Waals surface area contributed by atoms with Crippen molar-refractivity contribution in [3.8, 4) is 0 Å². The second-order valence-corrected chi connectivity index (χ2v) is 3.69. The molecule has 0 N–H and O–H groups in total. The molecule has 3 nitrogen and oxygen atoms in total. The first kappa shape index (κ1) is 11.6. The Bertz CT molecular complexity index is 219. The van der Waals surface area contributed by atoms with Gasteiger partial charge in [0.05, 0.1) is 5.75 Å². The summed E-state index contributed by atoms with van der Waals surface area (Å²) in [6.45, 7) is 0. The van der Waals surface area contributed by atoms with E-state index in [-0.39, 0.29) is 0 Å². The third kappa shape index (κ3) is 6.35. The number of halogens is 4. The molecule has 0 spiro atoms. The van der Waals surface area contributed by atoms with E-state index in [9.17, 15) is 26.1 Å². The van der Waals surface area contributed by atoms with Crippen molar-refractivity contribution in [3.63, 3.8) is 0 Å². The molecule has 0 saturated heterocycles. The lowest BCUT2D eigenvalue weighted by molar-refractivity contribution is -0.134. The molecule has 0 unspecified atom stereocenters. The Balaban J connectivity index is 3.73. The molecule has 0 saturated carbocycles. The summed E-state index contributed by atoms with van der Waals surface area (Å²) in [4.78, 5) is 0. The molecule has 0 aliphatic heterocycles. The van der Waals surface area contributed by atoms with Crippen LogP contribution in [-0.2, 0) is 14.5 Å². The second kappa shape index (κ2) is 4.04. The predicted molar refractivity (Wildman–Crippen MR) is 31.3 cm³/mol. The fourth-order valence-corrected chi connectivity index (χ4v) is 1.04. The van der Waals surface area contributed by atoms with Crippen LogP contribution >= 0.6 is 0 Å². The molecule has 74 valence electrons. The third-order valence-electron chi connectivity index (χ3n) is 0.951. The standard InChI is InChI=1S/C4H6F4O3S/c5-4(6,7)2-1-3-12(9,10)11-8/h1-3H2. The number of rotatable bonds is 4. The molecule has 8 heteroatoms. The summed E-state index contributed by atoms with van der Waals surface area (Å²) < 4.78 is 67.9. The van der Waals surface area contributed by atoms with Gasteiger partial charge in [0.15, 0.2) is 0 Å². The molecular formula is C4H6F4O3S. The van der Waals surface area contributed by atoms with Crippen molar-refractivity contribution in [1.82, 2.24) is 0 Å². The molecule has 0 aliphatic rings. The Morgan fingerprint density at radius 1 is 1.25 bits per heavy atom. The zero-order valence-corrected chi connectivity index (χ0v) is 6.58. The highest BCUT2D eigenvalue weighted by Gasteiger charge is 2.27. The minimum atomic E-state index is -4.42. The maximum atomic E-state index is 11.4. The molecule has 0 atom stereocenters. The molecule has 0 radical (unpaired) electrons. The Morgan fingerprint density at radius 2 is 1.75 bits per heavy atom. The van der Waals surface area contributed by atoms with Crippen molar-refractivity contribution in [2.45, 2.75) is 19.0 Å². The lowest BCUT2D eigenvalue weighted by atomic mass is 10.3. The van der Waals surface area contributed by atoms with Gasteiger partial charge in [0.1, 0.15) is 0 Å². The average molecular weight is 210 g/mol. The summed E-state index contributed by atoms with van der Waals surface area (Å²) in [5, 5.41) is 0. The van der Waals surface area contributed by atoms with Crippen LogP contribution in [0.5, 0.6) is 0 Å². The van der Waals surface area contributed by atoms with Gasteiger partial charge in [-0.1, -0.05) is 4.39 Å². The van der Waals surface area contributed by atoms with E-state index in [1.165, 1.54) is 0 Å². The minimum absolute atomic E-state index is 0.699. The molecule has 0 rings (SSSR count). The summed E-state index contributed by atoms with van der Waals surface area (Å²) in [6, 6.07) is 0. The highest BCUT2D eigenvalue weighted by atomic mass is 32.2. The SMILES string of the molecule is O=S(=O)(CCCC(F)(F)F)OF. The van der Waals surface area contributed by atoms with E-state index in [4.69, 9.17) is 0 Å². The van der Waals surface area contributed by atoms with Gasteiger partial charge in [0, 0.05) is 6.42 Å². The monoisotopic (exact) mass is 210 g/mol. The maximum Gasteiger partial charge on any atom is 0.389 e. The zero-order chi connectivity index (χ0) is 9.83. The minimum Gasteiger partial charge on any atom is -0.197 e. The van der Waals surface area contributed by atoms with E-state index >= 15 is 0 Å². The van der Waals surface area contributed by atoms with Crippen molar-refractivity contribution in [1.29, 1.82) is 0 Å². The third-order valence-corrected chi connectivity index (χ3v) is 1.93. The topological polar surface area (TPSA) is 43.4 Å². The van der Waals surface area contributed by atoms with Gasteiger partial charge in [-0.3, -0.25) is 0 Å². The fourth-order valence-electron chi connectivity index (χ4n) is 0.481. The molecule has 0 aromatic rings. The van der Waals surface area contributed by atoms with Gasteiger partial charge >= 0.3 is 6.18 Å². The maximum absolute atomic E-state index is 11.4. The Morgan fingerprint density at radius 3 is 2.08 bits per heavy atom. The average Bonchev–Trinajstić information content (AvgIpc) is 1.84. The first-order valence-corrected chi connectivity index (χ1v) is 4.44. The first-order chi connectivity index (χ1) is 5.27. The number of hydrogen-bond acceptors (Lipinski definition) is 3. The van der Waals surface area contributed by atoms with Gasteiger partial charge in [-0.25, -0.2) is 0 Å². The van der Waals surface area contributed by atoms with Gasteiger partial charge in [-0.05, 0) is 10.9 Å². The summed E-state index contributed by atoms with van der Waals surface area (Å²) in [7, 11) is -4.41. The lowest BCUT2D eigenvalue weighted by Gasteiger charge is -2.03. The molecule has 0 aromatic carbocycles. The molecule has 0 aliphatic carbocycles. The van der Waals surface area contributed by atoms with Gasteiger partial charge in [-0.15, -0.1) is 0 Å². The summed E-state index contributed by atoms with van der Waals surface area (Å²) in [5.41, 5.74) is 0. The molecular weight excluding hydrogens is 204 g/mol. The van der Waals surface area contributed by atoms with E-state index < -0.39 is 34.9 Å². The molecule has 0 fully saturated rings. The molecule has 0 bridgehead atoms. The predicted octanol–water partition coefficient (Wildman–Crippen LogP) is 1.56.